The van der Waals surface area contributed by atoms with Crippen LogP contribution in [0.1, 0.15) is 19.8 Å². The first-order valence-electron chi connectivity index (χ1n) is 4.45. The number of amides is 2. The van der Waals surface area contributed by atoms with E-state index in [0.29, 0.717) is 13.0 Å². The van der Waals surface area contributed by atoms with E-state index >= 15 is 0 Å². The summed E-state index contributed by atoms with van der Waals surface area (Å²) in [6.45, 7) is 2.44. The Labute approximate surface area is 76.6 Å². The van der Waals surface area contributed by atoms with Gasteiger partial charge in [-0.3, -0.25) is 9.59 Å². The topological polar surface area (TPSA) is 49.4 Å². The summed E-state index contributed by atoms with van der Waals surface area (Å²) in [5.41, 5.74) is 0.779. The van der Waals surface area contributed by atoms with E-state index in [2.05, 4.69) is 5.32 Å². The van der Waals surface area contributed by atoms with Gasteiger partial charge in [-0.1, -0.05) is 6.08 Å². The highest BCUT2D eigenvalue weighted by Crippen LogP contribution is 2.18. The average Bonchev–Trinajstić information content (AvgIpc) is 2.62. The van der Waals surface area contributed by atoms with Crippen molar-refractivity contribution in [3.8, 4) is 0 Å². The lowest BCUT2D eigenvalue weighted by Crippen LogP contribution is -2.44. The molecular formula is C9H12N2O2. The van der Waals surface area contributed by atoms with Crippen LogP contribution in [0.5, 0.6) is 0 Å². The Kier molecular flexibility index (Phi) is 1.83. The molecule has 1 fully saturated rings. The van der Waals surface area contributed by atoms with E-state index in [1.165, 1.54) is 0 Å². The van der Waals surface area contributed by atoms with E-state index in [1.54, 1.807) is 11.8 Å². The number of rotatable bonds is 1. The van der Waals surface area contributed by atoms with Gasteiger partial charge in [-0.2, -0.15) is 0 Å². The SMILES string of the molecule is CC1=CCN([C@H]2CCC(=O)N2)C1=O. The Morgan fingerprint density at radius 2 is 2.31 bits per heavy atom. The smallest absolute Gasteiger partial charge is 0.251 e. The van der Waals surface area contributed by atoms with Gasteiger partial charge in [0.15, 0.2) is 0 Å². The minimum atomic E-state index is -0.0753. The molecule has 2 aliphatic rings. The predicted octanol–water partition coefficient (Wildman–Crippen LogP) is 0.0110. The van der Waals surface area contributed by atoms with E-state index in [1.807, 2.05) is 6.08 Å². The largest absolute Gasteiger partial charge is 0.336 e. The third kappa shape index (κ3) is 1.32. The normalized spacial score (nSPS) is 27.9. The summed E-state index contributed by atoms with van der Waals surface area (Å²) in [6, 6.07) is 0. The molecule has 2 rings (SSSR count). The fourth-order valence-corrected chi connectivity index (χ4v) is 1.73. The molecule has 1 N–H and O–H groups in total. The first-order chi connectivity index (χ1) is 6.18. The standard InChI is InChI=1S/C9H12N2O2/c1-6-4-5-11(9(6)13)7-2-3-8(12)10-7/h4,7H,2-3,5H2,1H3,(H,10,12)/t7-/m0/s1. The van der Waals surface area contributed by atoms with Gasteiger partial charge >= 0.3 is 0 Å². The second kappa shape index (κ2) is 2.87. The molecule has 2 aliphatic heterocycles. The summed E-state index contributed by atoms with van der Waals surface area (Å²) < 4.78 is 0. The average molecular weight is 180 g/mol. The van der Waals surface area contributed by atoms with Crippen LogP contribution in [0.15, 0.2) is 11.6 Å². The van der Waals surface area contributed by atoms with Crippen molar-refractivity contribution in [1.29, 1.82) is 0 Å². The first-order valence-corrected chi connectivity index (χ1v) is 4.45. The first kappa shape index (κ1) is 8.29. The van der Waals surface area contributed by atoms with Crippen LogP contribution in [-0.4, -0.2) is 29.4 Å². The third-order valence-electron chi connectivity index (χ3n) is 2.54. The molecule has 2 amide bonds. The Morgan fingerprint density at radius 3 is 2.77 bits per heavy atom. The Morgan fingerprint density at radius 1 is 1.54 bits per heavy atom. The maximum atomic E-state index is 11.5. The maximum absolute atomic E-state index is 11.5. The maximum Gasteiger partial charge on any atom is 0.251 e. The van der Waals surface area contributed by atoms with Crippen molar-refractivity contribution in [3.05, 3.63) is 11.6 Å². The molecular weight excluding hydrogens is 168 g/mol. The highest BCUT2D eigenvalue weighted by atomic mass is 16.2. The lowest BCUT2D eigenvalue weighted by Gasteiger charge is -2.23. The van der Waals surface area contributed by atoms with Gasteiger partial charge in [-0.15, -0.1) is 0 Å². The molecule has 0 bridgehead atoms. The lowest BCUT2D eigenvalue weighted by molar-refractivity contribution is -0.128. The highest BCUT2D eigenvalue weighted by molar-refractivity contribution is 5.95. The van der Waals surface area contributed by atoms with Crippen molar-refractivity contribution in [2.24, 2.45) is 0 Å². The second-order valence-corrected chi connectivity index (χ2v) is 3.47. The Balaban J connectivity index is 2.04. The summed E-state index contributed by atoms with van der Waals surface area (Å²) in [6.07, 6.45) is 3.10. The molecule has 0 saturated carbocycles. The van der Waals surface area contributed by atoms with Crippen LogP contribution < -0.4 is 5.32 Å². The summed E-state index contributed by atoms with van der Waals surface area (Å²) in [5.74, 6) is 0.0922. The molecule has 0 aliphatic carbocycles. The third-order valence-corrected chi connectivity index (χ3v) is 2.54. The zero-order chi connectivity index (χ0) is 9.42. The van der Waals surface area contributed by atoms with Crippen molar-refractivity contribution >= 4 is 11.8 Å². The second-order valence-electron chi connectivity index (χ2n) is 3.47. The van der Waals surface area contributed by atoms with Gasteiger partial charge in [0.1, 0.15) is 6.17 Å². The van der Waals surface area contributed by atoms with E-state index in [-0.39, 0.29) is 18.0 Å². The monoisotopic (exact) mass is 180 g/mol. The fourth-order valence-electron chi connectivity index (χ4n) is 1.73. The van der Waals surface area contributed by atoms with Gasteiger partial charge in [-0.05, 0) is 13.3 Å². The van der Waals surface area contributed by atoms with Crippen molar-refractivity contribution in [3.63, 3.8) is 0 Å². The molecule has 0 aromatic rings. The molecule has 70 valence electrons. The van der Waals surface area contributed by atoms with Crippen LogP contribution in [-0.2, 0) is 9.59 Å². The summed E-state index contributed by atoms with van der Waals surface area (Å²) in [5, 5.41) is 2.78. The zero-order valence-electron chi connectivity index (χ0n) is 7.54. The molecule has 1 saturated heterocycles. The molecule has 0 radical (unpaired) electrons. The predicted molar refractivity (Wildman–Crippen MR) is 46.6 cm³/mol. The molecule has 0 aromatic carbocycles. The van der Waals surface area contributed by atoms with Crippen LogP contribution in [0.2, 0.25) is 0 Å². The van der Waals surface area contributed by atoms with Gasteiger partial charge < -0.3 is 10.2 Å². The Bertz CT molecular complexity index is 296. The molecule has 2 heterocycles. The number of carbonyl (C=O) groups excluding carboxylic acids is 2. The quantitative estimate of drug-likeness (QED) is 0.618. The van der Waals surface area contributed by atoms with E-state index in [0.717, 1.165) is 12.0 Å². The summed E-state index contributed by atoms with van der Waals surface area (Å²) >= 11 is 0. The molecule has 13 heavy (non-hydrogen) atoms. The van der Waals surface area contributed by atoms with E-state index < -0.39 is 0 Å². The van der Waals surface area contributed by atoms with Crippen molar-refractivity contribution < 1.29 is 9.59 Å². The molecule has 0 spiro atoms. The minimum Gasteiger partial charge on any atom is -0.336 e. The van der Waals surface area contributed by atoms with Gasteiger partial charge in [0.2, 0.25) is 5.91 Å². The van der Waals surface area contributed by atoms with Crippen molar-refractivity contribution in [1.82, 2.24) is 10.2 Å². The highest BCUT2D eigenvalue weighted by Gasteiger charge is 2.32. The molecule has 0 aromatic heterocycles. The fraction of sp³-hybridized carbons (Fsp3) is 0.556. The van der Waals surface area contributed by atoms with Crippen LogP contribution in [0.4, 0.5) is 0 Å². The minimum absolute atomic E-state index is 0.0438. The summed E-state index contributed by atoms with van der Waals surface area (Å²) in [7, 11) is 0. The number of hydrogen-bond acceptors (Lipinski definition) is 2. The Hall–Kier alpha value is -1.32. The van der Waals surface area contributed by atoms with E-state index in [4.69, 9.17) is 0 Å². The molecule has 4 heteroatoms. The number of hydrogen-bond donors (Lipinski definition) is 1. The summed E-state index contributed by atoms with van der Waals surface area (Å²) in [4.78, 5) is 24.1. The van der Waals surface area contributed by atoms with Crippen LogP contribution in [0, 0.1) is 0 Å². The van der Waals surface area contributed by atoms with Gasteiger partial charge in [0, 0.05) is 18.5 Å². The number of nitrogens with one attached hydrogen (secondary N) is 1. The van der Waals surface area contributed by atoms with Crippen LogP contribution >= 0.6 is 0 Å². The lowest BCUT2D eigenvalue weighted by atomic mass is 10.3. The van der Waals surface area contributed by atoms with Gasteiger partial charge in [-0.25, -0.2) is 0 Å². The zero-order valence-corrected chi connectivity index (χ0v) is 7.54. The van der Waals surface area contributed by atoms with Crippen molar-refractivity contribution in [2.45, 2.75) is 25.9 Å². The van der Waals surface area contributed by atoms with E-state index in [9.17, 15) is 9.59 Å². The van der Waals surface area contributed by atoms with Crippen LogP contribution in [0.25, 0.3) is 0 Å². The van der Waals surface area contributed by atoms with Crippen molar-refractivity contribution in [2.75, 3.05) is 6.54 Å². The molecule has 4 nitrogen and oxygen atoms in total. The number of carbonyl (C=O) groups is 2. The van der Waals surface area contributed by atoms with Gasteiger partial charge in [0.25, 0.3) is 5.91 Å². The molecule has 1 atom stereocenters. The number of nitrogens with zero attached hydrogens (tertiary/aromatic N) is 1. The van der Waals surface area contributed by atoms with Gasteiger partial charge in [0.05, 0.1) is 0 Å². The van der Waals surface area contributed by atoms with Crippen LogP contribution in [0.3, 0.4) is 0 Å². The molecule has 0 unspecified atom stereocenters.